The average Bonchev–Trinajstić information content (AvgIpc) is 3.32. The smallest absolute Gasteiger partial charge is 0.0457 e. The van der Waals surface area contributed by atoms with Gasteiger partial charge in [-0.05, 0) is 62.1 Å². The molecule has 4 aromatic rings. The van der Waals surface area contributed by atoms with Crippen LogP contribution in [0.5, 0.6) is 0 Å². The molecule has 2 atom stereocenters. The van der Waals surface area contributed by atoms with Gasteiger partial charge in [-0.1, -0.05) is 37.3 Å². The monoisotopic (exact) mass is 345 g/mol. The molecule has 3 nitrogen and oxygen atoms in total. The van der Waals surface area contributed by atoms with Crippen molar-refractivity contribution in [2.75, 3.05) is 7.05 Å². The third kappa shape index (κ3) is 2.82. The first-order valence-electron chi connectivity index (χ1n) is 9.44. The van der Waals surface area contributed by atoms with Crippen LogP contribution in [0.4, 0.5) is 0 Å². The predicted molar refractivity (Wildman–Crippen MR) is 111 cm³/mol. The van der Waals surface area contributed by atoms with Gasteiger partial charge in [0.15, 0.2) is 0 Å². The molecule has 26 heavy (non-hydrogen) atoms. The van der Waals surface area contributed by atoms with E-state index in [4.69, 9.17) is 0 Å². The van der Waals surface area contributed by atoms with Gasteiger partial charge in [-0.15, -0.1) is 0 Å². The Bertz CT molecular complexity index is 1030. The minimum absolute atomic E-state index is 0.0556. The Kier molecular flexibility index (Phi) is 4.33. The van der Waals surface area contributed by atoms with E-state index in [0.29, 0.717) is 5.92 Å². The number of nitrogens with one attached hydrogen (secondary N) is 3. The summed E-state index contributed by atoms with van der Waals surface area (Å²) < 4.78 is 0. The van der Waals surface area contributed by atoms with Crippen molar-refractivity contribution in [3.63, 3.8) is 0 Å². The number of fused-ring (bicyclic) bond motifs is 2. The molecule has 3 N–H and O–H groups in total. The Morgan fingerprint density at radius 3 is 2.58 bits per heavy atom. The highest BCUT2D eigenvalue weighted by molar-refractivity contribution is 5.84. The minimum atomic E-state index is -0.0556. The van der Waals surface area contributed by atoms with Gasteiger partial charge in [0.05, 0.1) is 0 Å². The van der Waals surface area contributed by atoms with Gasteiger partial charge >= 0.3 is 0 Å². The molecular formula is C23H27N3. The minimum Gasteiger partial charge on any atom is -0.361 e. The first-order valence-corrected chi connectivity index (χ1v) is 9.44. The van der Waals surface area contributed by atoms with Crippen LogP contribution in [0, 0.1) is 0 Å². The summed E-state index contributed by atoms with van der Waals surface area (Å²) in [6.07, 6.45) is 6.40. The highest BCUT2D eigenvalue weighted by atomic mass is 14.9. The second-order valence-corrected chi connectivity index (χ2v) is 7.56. The largest absolute Gasteiger partial charge is 0.361 e. The Morgan fingerprint density at radius 2 is 1.73 bits per heavy atom. The molecule has 0 radical (unpaired) electrons. The molecule has 2 aromatic carbocycles. The molecule has 0 saturated heterocycles. The maximum Gasteiger partial charge on any atom is 0.0457 e. The molecule has 0 bridgehead atoms. The van der Waals surface area contributed by atoms with Gasteiger partial charge in [0.25, 0.3) is 0 Å². The zero-order chi connectivity index (χ0) is 18.1. The predicted octanol–water partition coefficient (Wildman–Crippen LogP) is 5.67. The summed E-state index contributed by atoms with van der Waals surface area (Å²) in [7, 11) is 2.07. The summed E-state index contributed by atoms with van der Waals surface area (Å²) in [6, 6.07) is 17.3. The van der Waals surface area contributed by atoms with Gasteiger partial charge < -0.3 is 15.3 Å². The van der Waals surface area contributed by atoms with E-state index in [9.17, 15) is 0 Å². The summed E-state index contributed by atoms with van der Waals surface area (Å²) in [5.41, 5.74) is 5.15. The summed E-state index contributed by atoms with van der Waals surface area (Å²) in [5.74, 6) is 0.507. The number of H-pyrrole nitrogens is 2. The number of benzene rings is 2. The lowest BCUT2D eigenvalue weighted by Gasteiger charge is -2.31. The summed E-state index contributed by atoms with van der Waals surface area (Å²) >= 11 is 0. The van der Waals surface area contributed by atoms with Crippen molar-refractivity contribution in [1.82, 2.24) is 15.3 Å². The van der Waals surface area contributed by atoms with E-state index in [-0.39, 0.29) is 5.54 Å². The lowest BCUT2D eigenvalue weighted by atomic mass is 9.83. The topological polar surface area (TPSA) is 43.6 Å². The molecule has 0 saturated carbocycles. The zero-order valence-corrected chi connectivity index (χ0v) is 15.8. The molecule has 134 valence electrons. The molecule has 0 aliphatic heterocycles. The highest BCUT2D eigenvalue weighted by Crippen LogP contribution is 2.36. The SMILES string of the molecule is CNC(C)(CCC(C)c1cccc2[nH]ccc12)c1c[nH]c2ccccc12. The van der Waals surface area contributed by atoms with Crippen LogP contribution in [0.2, 0.25) is 0 Å². The number of hydrogen-bond donors (Lipinski definition) is 3. The van der Waals surface area contributed by atoms with Crippen molar-refractivity contribution < 1.29 is 0 Å². The third-order valence-corrected chi connectivity index (χ3v) is 5.97. The van der Waals surface area contributed by atoms with E-state index in [1.54, 1.807) is 0 Å². The second-order valence-electron chi connectivity index (χ2n) is 7.56. The fraction of sp³-hybridized carbons (Fsp3) is 0.304. The van der Waals surface area contributed by atoms with Gasteiger partial charge in [0.1, 0.15) is 0 Å². The van der Waals surface area contributed by atoms with Crippen LogP contribution in [0.15, 0.2) is 60.9 Å². The zero-order valence-electron chi connectivity index (χ0n) is 15.8. The lowest BCUT2D eigenvalue weighted by molar-refractivity contribution is 0.351. The van der Waals surface area contributed by atoms with Crippen molar-refractivity contribution in [3.8, 4) is 0 Å². The van der Waals surface area contributed by atoms with Gasteiger partial charge in [0.2, 0.25) is 0 Å². The fourth-order valence-corrected chi connectivity index (χ4v) is 4.12. The molecule has 4 rings (SSSR count). The van der Waals surface area contributed by atoms with Crippen molar-refractivity contribution in [2.45, 2.75) is 38.1 Å². The first-order chi connectivity index (χ1) is 12.6. The van der Waals surface area contributed by atoms with E-state index in [1.165, 1.54) is 32.9 Å². The number of rotatable bonds is 6. The molecule has 0 spiro atoms. The maximum absolute atomic E-state index is 3.59. The molecule has 0 aliphatic rings. The van der Waals surface area contributed by atoms with E-state index in [2.05, 4.69) is 90.9 Å². The first kappa shape index (κ1) is 16.9. The lowest BCUT2D eigenvalue weighted by Crippen LogP contribution is -2.36. The van der Waals surface area contributed by atoms with Crippen LogP contribution in [-0.4, -0.2) is 17.0 Å². The molecule has 2 aromatic heterocycles. The molecule has 0 aliphatic carbocycles. The number of para-hydroxylation sites is 1. The summed E-state index contributed by atoms with van der Waals surface area (Å²) in [4.78, 5) is 6.75. The Balaban J connectivity index is 1.59. The van der Waals surface area contributed by atoms with E-state index in [0.717, 1.165) is 12.8 Å². The molecule has 0 fully saturated rings. The fourth-order valence-electron chi connectivity index (χ4n) is 4.12. The van der Waals surface area contributed by atoms with Crippen molar-refractivity contribution in [3.05, 3.63) is 72.1 Å². The van der Waals surface area contributed by atoms with E-state index >= 15 is 0 Å². The molecule has 2 heterocycles. The average molecular weight is 345 g/mol. The second kappa shape index (κ2) is 6.65. The third-order valence-electron chi connectivity index (χ3n) is 5.97. The molecule has 3 heteroatoms. The molecular weight excluding hydrogens is 318 g/mol. The number of aromatic amines is 2. The van der Waals surface area contributed by atoms with Gasteiger partial charge in [-0.3, -0.25) is 0 Å². The van der Waals surface area contributed by atoms with E-state index < -0.39 is 0 Å². The Hall–Kier alpha value is -2.52. The van der Waals surface area contributed by atoms with E-state index in [1.807, 2.05) is 6.20 Å². The Labute approximate surface area is 154 Å². The maximum atomic E-state index is 3.59. The molecule has 2 unspecified atom stereocenters. The van der Waals surface area contributed by atoms with Crippen LogP contribution in [0.3, 0.4) is 0 Å². The van der Waals surface area contributed by atoms with Crippen LogP contribution in [0.25, 0.3) is 21.8 Å². The quantitative estimate of drug-likeness (QED) is 0.414. The van der Waals surface area contributed by atoms with Crippen molar-refractivity contribution in [1.29, 1.82) is 0 Å². The summed E-state index contributed by atoms with van der Waals surface area (Å²) in [5, 5.41) is 6.24. The highest BCUT2D eigenvalue weighted by Gasteiger charge is 2.28. The van der Waals surface area contributed by atoms with Crippen LogP contribution < -0.4 is 5.32 Å². The van der Waals surface area contributed by atoms with Crippen LogP contribution >= 0.6 is 0 Å². The van der Waals surface area contributed by atoms with Gasteiger partial charge in [-0.25, -0.2) is 0 Å². The Morgan fingerprint density at radius 1 is 0.962 bits per heavy atom. The van der Waals surface area contributed by atoms with Gasteiger partial charge in [0, 0.05) is 39.7 Å². The number of hydrogen-bond acceptors (Lipinski definition) is 1. The van der Waals surface area contributed by atoms with Crippen LogP contribution in [-0.2, 0) is 5.54 Å². The van der Waals surface area contributed by atoms with Gasteiger partial charge in [-0.2, -0.15) is 0 Å². The molecule has 0 amide bonds. The van der Waals surface area contributed by atoms with Crippen molar-refractivity contribution >= 4 is 21.8 Å². The standard InChI is InChI=1S/C23H27N3/c1-16(17-8-6-10-21-18(17)12-14-25-21)11-13-23(2,24-3)20-15-26-22-9-5-4-7-19(20)22/h4-10,12,14-16,24-26H,11,13H2,1-3H3. The summed E-state index contributed by atoms with van der Waals surface area (Å²) in [6.45, 7) is 4.65. The van der Waals surface area contributed by atoms with Crippen molar-refractivity contribution in [2.24, 2.45) is 0 Å². The normalized spacial score (nSPS) is 15.3. The number of aromatic nitrogens is 2. The van der Waals surface area contributed by atoms with Crippen LogP contribution in [0.1, 0.15) is 43.7 Å².